The standard InChI is InChI=1S/C21H19NO6S/c1-3-27-15-7-4-13(5-8-15)12-19(23)28-16-9-6-14(10-17(16)26-2)11-18-20(24)22-21(25)29-18/h4-11H,3,12H2,1-2H3,(H,22,24,25). The Morgan fingerprint density at radius 3 is 2.48 bits per heavy atom. The average Bonchev–Trinajstić information content (AvgIpc) is 3.01. The third kappa shape index (κ3) is 5.39. The fourth-order valence-electron chi connectivity index (χ4n) is 2.63. The van der Waals surface area contributed by atoms with Crippen LogP contribution in [0, 0.1) is 0 Å². The molecule has 0 aliphatic carbocycles. The van der Waals surface area contributed by atoms with Gasteiger partial charge in [0.1, 0.15) is 5.75 Å². The van der Waals surface area contributed by atoms with Gasteiger partial charge in [0.05, 0.1) is 25.0 Å². The van der Waals surface area contributed by atoms with E-state index in [1.165, 1.54) is 7.11 Å². The number of carbonyl (C=O) groups is 3. The van der Waals surface area contributed by atoms with E-state index in [0.717, 1.165) is 23.1 Å². The van der Waals surface area contributed by atoms with Crippen LogP contribution in [0.5, 0.6) is 17.2 Å². The van der Waals surface area contributed by atoms with Crippen LogP contribution in [0.15, 0.2) is 47.4 Å². The van der Waals surface area contributed by atoms with Crippen LogP contribution in [0.2, 0.25) is 0 Å². The van der Waals surface area contributed by atoms with Crippen molar-refractivity contribution in [3.05, 3.63) is 58.5 Å². The summed E-state index contributed by atoms with van der Waals surface area (Å²) in [6.07, 6.45) is 1.67. The maximum absolute atomic E-state index is 12.3. The zero-order valence-electron chi connectivity index (χ0n) is 15.9. The Hall–Kier alpha value is -3.26. The summed E-state index contributed by atoms with van der Waals surface area (Å²) in [5.41, 5.74) is 1.44. The molecule has 3 rings (SSSR count). The van der Waals surface area contributed by atoms with Crippen molar-refractivity contribution < 1.29 is 28.6 Å². The third-order valence-electron chi connectivity index (χ3n) is 3.93. The van der Waals surface area contributed by atoms with E-state index in [0.29, 0.717) is 17.9 Å². The quantitative estimate of drug-likeness (QED) is 0.422. The van der Waals surface area contributed by atoms with E-state index in [1.807, 2.05) is 19.1 Å². The van der Waals surface area contributed by atoms with Gasteiger partial charge in [0.25, 0.3) is 11.1 Å². The van der Waals surface area contributed by atoms with Gasteiger partial charge in [-0.05, 0) is 60.2 Å². The molecule has 0 unspecified atom stereocenters. The normalized spacial score (nSPS) is 14.6. The number of amides is 2. The van der Waals surface area contributed by atoms with Crippen molar-refractivity contribution in [1.82, 2.24) is 5.32 Å². The maximum Gasteiger partial charge on any atom is 0.315 e. The smallest absolute Gasteiger partial charge is 0.315 e. The first-order valence-electron chi connectivity index (χ1n) is 8.84. The van der Waals surface area contributed by atoms with Crippen molar-refractivity contribution in [2.45, 2.75) is 13.3 Å². The summed E-state index contributed by atoms with van der Waals surface area (Å²) >= 11 is 0.828. The molecule has 0 radical (unpaired) electrons. The number of ether oxygens (including phenoxy) is 3. The minimum atomic E-state index is -0.440. The molecule has 2 aromatic carbocycles. The summed E-state index contributed by atoms with van der Waals surface area (Å²) in [7, 11) is 1.45. The molecule has 0 bridgehead atoms. The predicted molar refractivity (Wildman–Crippen MR) is 109 cm³/mol. The highest BCUT2D eigenvalue weighted by Gasteiger charge is 2.25. The Morgan fingerprint density at radius 1 is 1.10 bits per heavy atom. The first-order chi connectivity index (χ1) is 14.0. The molecule has 150 valence electrons. The highest BCUT2D eigenvalue weighted by Crippen LogP contribution is 2.31. The van der Waals surface area contributed by atoms with Gasteiger partial charge in [0.2, 0.25) is 0 Å². The minimum Gasteiger partial charge on any atom is -0.494 e. The highest BCUT2D eigenvalue weighted by molar-refractivity contribution is 8.18. The number of benzene rings is 2. The highest BCUT2D eigenvalue weighted by atomic mass is 32.2. The molecule has 1 aliphatic heterocycles. The van der Waals surface area contributed by atoms with Crippen molar-refractivity contribution in [1.29, 1.82) is 0 Å². The molecule has 0 atom stereocenters. The molecule has 2 amide bonds. The second-order valence-corrected chi connectivity index (χ2v) is 7.01. The second kappa shape index (κ2) is 9.29. The van der Waals surface area contributed by atoms with Crippen LogP contribution in [0.25, 0.3) is 6.08 Å². The lowest BCUT2D eigenvalue weighted by Crippen LogP contribution is -2.17. The number of carbonyl (C=O) groups excluding carboxylic acids is 3. The number of nitrogens with one attached hydrogen (secondary N) is 1. The van der Waals surface area contributed by atoms with Gasteiger partial charge in [0, 0.05) is 0 Å². The molecular weight excluding hydrogens is 394 g/mol. The van der Waals surface area contributed by atoms with E-state index in [-0.39, 0.29) is 17.1 Å². The topological polar surface area (TPSA) is 90.9 Å². The van der Waals surface area contributed by atoms with Crippen LogP contribution in [-0.2, 0) is 16.0 Å². The van der Waals surface area contributed by atoms with E-state index in [2.05, 4.69) is 5.32 Å². The summed E-state index contributed by atoms with van der Waals surface area (Å²) in [6, 6.07) is 12.1. The van der Waals surface area contributed by atoms with Gasteiger partial charge in [-0.3, -0.25) is 19.7 Å². The first kappa shape index (κ1) is 20.5. The van der Waals surface area contributed by atoms with Gasteiger partial charge in [-0.15, -0.1) is 0 Å². The van der Waals surface area contributed by atoms with Crippen LogP contribution in [0.1, 0.15) is 18.1 Å². The monoisotopic (exact) mass is 413 g/mol. The third-order valence-corrected chi connectivity index (χ3v) is 4.74. The number of hydrogen-bond donors (Lipinski definition) is 1. The Labute approximate surface area is 172 Å². The number of esters is 1. The Morgan fingerprint density at radius 2 is 1.86 bits per heavy atom. The van der Waals surface area contributed by atoms with Crippen LogP contribution in [-0.4, -0.2) is 30.8 Å². The van der Waals surface area contributed by atoms with Gasteiger partial charge < -0.3 is 14.2 Å². The molecule has 2 aromatic rings. The molecule has 29 heavy (non-hydrogen) atoms. The lowest BCUT2D eigenvalue weighted by atomic mass is 10.1. The molecular formula is C21H19NO6S. The molecule has 1 N–H and O–H groups in total. The SMILES string of the molecule is CCOc1ccc(CC(=O)Oc2ccc(C=C3SC(=O)NC3=O)cc2OC)cc1. The van der Waals surface area contributed by atoms with Gasteiger partial charge in [-0.1, -0.05) is 18.2 Å². The van der Waals surface area contributed by atoms with E-state index >= 15 is 0 Å². The molecule has 0 aromatic heterocycles. The van der Waals surface area contributed by atoms with Gasteiger partial charge >= 0.3 is 5.97 Å². The molecule has 1 fully saturated rings. The maximum atomic E-state index is 12.3. The lowest BCUT2D eigenvalue weighted by molar-refractivity contribution is -0.133. The summed E-state index contributed by atoms with van der Waals surface area (Å²) in [5.74, 6) is 0.478. The van der Waals surface area contributed by atoms with E-state index in [4.69, 9.17) is 14.2 Å². The number of methoxy groups -OCH3 is 1. The van der Waals surface area contributed by atoms with Crippen molar-refractivity contribution in [3.63, 3.8) is 0 Å². The molecule has 0 spiro atoms. The van der Waals surface area contributed by atoms with Crippen molar-refractivity contribution in [3.8, 4) is 17.2 Å². The lowest BCUT2D eigenvalue weighted by Gasteiger charge is -2.10. The predicted octanol–water partition coefficient (Wildman–Crippen LogP) is 3.57. The van der Waals surface area contributed by atoms with Gasteiger partial charge in [0.15, 0.2) is 11.5 Å². The summed E-state index contributed by atoms with van der Waals surface area (Å²) in [4.78, 5) is 35.5. The average molecular weight is 413 g/mol. The molecule has 8 heteroatoms. The van der Waals surface area contributed by atoms with Crippen molar-refractivity contribution in [2.24, 2.45) is 0 Å². The molecule has 1 saturated heterocycles. The molecule has 7 nitrogen and oxygen atoms in total. The number of rotatable bonds is 7. The molecule has 1 heterocycles. The van der Waals surface area contributed by atoms with Gasteiger partial charge in [-0.2, -0.15) is 0 Å². The van der Waals surface area contributed by atoms with Crippen LogP contribution in [0.4, 0.5) is 4.79 Å². The largest absolute Gasteiger partial charge is 0.494 e. The van der Waals surface area contributed by atoms with E-state index < -0.39 is 17.1 Å². The Kier molecular flexibility index (Phi) is 6.56. The summed E-state index contributed by atoms with van der Waals surface area (Å²) < 4.78 is 16.1. The molecule has 1 aliphatic rings. The van der Waals surface area contributed by atoms with Gasteiger partial charge in [-0.25, -0.2) is 0 Å². The Bertz CT molecular complexity index is 968. The summed E-state index contributed by atoms with van der Waals surface area (Å²) in [5, 5.41) is 1.79. The van der Waals surface area contributed by atoms with Crippen LogP contribution < -0.4 is 19.5 Å². The zero-order chi connectivity index (χ0) is 20.8. The van der Waals surface area contributed by atoms with Crippen LogP contribution in [0.3, 0.4) is 0 Å². The second-order valence-electron chi connectivity index (χ2n) is 5.99. The Balaban J connectivity index is 1.68. The summed E-state index contributed by atoms with van der Waals surface area (Å²) in [6.45, 7) is 2.48. The first-order valence-corrected chi connectivity index (χ1v) is 9.65. The molecule has 0 saturated carbocycles. The van der Waals surface area contributed by atoms with Crippen molar-refractivity contribution >= 4 is 35.0 Å². The fourth-order valence-corrected chi connectivity index (χ4v) is 3.31. The fraction of sp³-hybridized carbons (Fsp3) is 0.190. The van der Waals surface area contributed by atoms with E-state index in [1.54, 1.807) is 36.4 Å². The van der Waals surface area contributed by atoms with Crippen molar-refractivity contribution in [2.75, 3.05) is 13.7 Å². The number of thioether (sulfide) groups is 1. The minimum absolute atomic E-state index is 0.0975. The number of hydrogen-bond acceptors (Lipinski definition) is 7. The van der Waals surface area contributed by atoms with Crippen LogP contribution >= 0.6 is 11.8 Å². The van der Waals surface area contributed by atoms with E-state index in [9.17, 15) is 14.4 Å². The zero-order valence-corrected chi connectivity index (χ0v) is 16.7. The number of imide groups is 1.